The molecule has 0 bridgehead atoms. The lowest BCUT2D eigenvalue weighted by Gasteiger charge is -2.45. The Labute approximate surface area is 139 Å². The first-order chi connectivity index (χ1) is 11.2. The number of hydrogen-bond donors (Lipinski definition) is 1. The van der Waals surface area contributed by atoms with Crippen LogP contribution in [0, 0.1) is 11.8 Å². The van der Waals surface area contributed by atoms with Gasteiger partial charge in [-0.1, -0.05) is 19.8 Å². The third-order valence-corrected chi connectivity index (χ3v) is 5.48. The average Bonchev–Trinajstić information content (AvgIpc) is 2.58. The summed E-state index contributed by atoms with van der Waals surface area (Å²) in [6, 6.07) is 0. The molecular weight excluding hydrogens is 290 g/mol. The molecule has 128 valence electrons. The van der Waals surface area contributed by atoms with Gasteiger partial charge >= 0.3 is 0 Å². The van der Waals surface area contributed by atoms with E-state index >= 15 is 0 Å². The van der Waals surface area contributed by atoms with Gasteiger partial charge in [-0.2, -0.15) is 0 Å². The Morgan fingerprint density at radius 2 is 2.04 bits per heavy atom. The van der Waals surface area contributed by atoms with Gasteiger partial charge in [0.1, 0.15) is 0 Å². The molecule has 3 rings (SSSR count). The average molecular weight is 319 g/mol. The molecule has 4 nitrogen and oxygen atoms in total. The lowest BCUT2D eigenvalue weighted by molar-refractivity contribution is 0.0401. The normalized spacial score (nSPS) is 30.3. The van der Waals surface area contributed by atoms with Crippen molar-refractivity contribution in [3.05, 3.63) is 34.9 Å². The molecule has 0 saturated carbocycles. The lowest BCUT2D eigenvalue weighted by atomic mass is 9.79. The van der Waals surface area contributed by atoms with Gasteiger partial charge < -0.3 is 19.5 Å². The van der Waals surface area contributed by atoms with E-state index in [0.29, 0.717) is 11.8 Å². The molecule has 1 saturated heterocycles. The number of allylic oxidation sites excluding steroid dienone is 3. The summed E-state index contributed by atoms with van der Waals surface area (Å²) in [6.07, 6.45) is 9.48. The van der Waals surface area contributed by atoms with E-state index in [1.165, 1.54) is 24.1 Å². The second kappa shape index (κ2) is 7.00. The molecule has 23 heavy (non-hydrogen) atoms. The molecule has 2 aliphatic heterocycles. The van der Waals surface area contributed by atoms with Gasteiger partial charge in [0.2, 0.25) is 0 Å². The van der Waals surface area contributed by atoms with Crippen LogP contribution in [0.25, 0.3) is 0 Å². The summed E-state index contributed by atoms with van der Waals surface area (Å²) >= 11 is 0. The summed E-state index contributed by atoms with van der Waals surface area (Å²) in [5, 5.41) is 10.6. The van der Waals surface area contributed by atoms with E-state index in [2.05, 4.69) is 24.0 Å². The molecule has 0 aromatic carbocycles. The number of unbranched alkanes of at least 4 members (excludes halogenated alkanes) is 1. The van der Waals surface area contributed by atoms with Crippen LogP contribution < -0.4 is 0 Å². The maximum absolute atomic E-state index is 10.6. The second-order valence-electron chi connectivity index (χ2n) is 6.86. The standard InChI is InChI=1S/C19H29NO3/c1-4-5-6-14-12-20-8-7-13-9-18(22-2)19(23-3)10-15(13)16(20)11-17(14)21/h9-10,13-14,17,21H,4-8,11-12H2,1-3H3. The monoisotopic (exact) mass is 319 g/mol. The number of hydrogen-bond acceptors (Lipinski definition) is 4. The lowest BCUT2D eigenvalue weighted by Crippen LogP contribution is -2.45. The third kappa shape index (κ3) is 3.14. The van der Waals surface area contributed by atoms with Gasteiger partial charge in [0.15, 0.2) is 11.5 Å². The Balaban J connectivity index is 1.85. The molecule has 1 N–H and O–H groups in total. The molecule has 1 aliphatic carbocycles. The van der Waals surface area contributed by atoms with Crippen LogP contribution in [0.15, 0.2) is 34.9 Å². The molecule has 1 fully saturated rings. The van der Waals surface area contributed by atoms with Gasteiger partial charge in [-0.05, 0) is 30.6 Å². The zero-order valence-corrected chi connectivity index (χ0v) is 14.5. The minimum absolute atomic E-state index is 0.216. The van der Waals surface area contributed by atoms with Crippen molar-refractivity contribution in [3.63, 3.8) is 0 Å². The molecular formula is C19H29NO3. The fourth-order valence-electron chi connectivity index (χ4n) is 4.12. The van der Waals surface area contributed by atoms with Crippen LogP contribution >= 0.6 is 0 Å². The van der Waals surface area contributed by atoms with Crippen molar-refractivity contribution in [2.24, 2.45) is 11.8 Å². The van der Waals surface area contributed by atoms with Crippen molar-refractivity contribution in [1.82, 2.24) is 4.90 Å². The van der Waals surface area contributed by atoms with Crippen LogP contribution in [0.1, 0.15) is 39.0 Å². The summed E-state index contributed by atoms with van der Waals surface area (Å²) in [6.45, 7) is 4.28. The van der Waals surface area contributed by atoms with Crippen molar-refractivity contribution in [2.45, 2.75) is 45.1 Å². The zero-order valence-electron chi connectivity index (χ0n) is 14.5. The van der Waals surface area contributed by atoms with Gasteiger partial charge in [-0.15, -0.1) is 0 Å². The summed E-state index contributed by atoms with van der Waals surface area (Å²) in [5.74, 6) is 2.41. The number of rotatable bonds is 5. The number of piperidine rings is 1. The number of fused-ring (bicyclic) bond motifs is 2. The second-order valence-corrected chi connectivity index (χ2v) is 6.86. The van der Waals surface area contributed by atoms with Crippen LogP contribution in [0.5, 0.6) is 0 Å². The molecule has 0 aromatic rings. The Morgan fingerprint density at radius 3 is 2.74 bits per heavy atom. The van der Waals surface area contributed by atoms with Crippen LogP contribution in [0.3, 0.4) is 0 Å². The smallest absolute Gasteiger partial charge is 0.160 e. The van der Waals surface area contributed by atoms with E-state index in [1.807, 2.05) is 0 Å². The van der Waals surface area contributed by atoms with Crippen molar-refractivity contribution >= 4 is 0 Å². The highest BCUT2D eigenvalue weighted by molar-refractivity contribution is 5.44. The predicted molar refractivity (Wildman–Crippen MR) is 90.5 cm³/mol. The van der Waals surface area contributed by atoms with Gasteiger partial charge in [0, 0.05) is 37.0 Å². The molecule has 3 unspecified atom stereocenters. The number of methoxy groups -OCH3 is 2. The van der Waals surface area contributed by atoms with Crippen molar-refractivity contribution in [1.29, 1.82) is 0 Å². The van der Waals surface area contributed by atoms with E-state index in [9.17, 15) is 5.11 Å². The molecule has 3 aliphatic rings. The van der Waals surface area contributed by atoms with Crippen LogP contribution in [0.2, 0.25) is 0 Å². The molecule has 3 atom stereocenters. The van der Waals surface area contributed by atoms with Gasteiger partial charge in [-0.25, -0.2) is 0 Å². The minimum Gasteiger partial charge on any atom is -0.493 e. The predicted octanol–water partition coefficient (Wildman–Crippen LogP) is 3.21. The highest BCUT2D eigenvalue weighted by Gasteiger charge is 2.37. The Bertz CT molecular complexity index is 535. The quantitative estimate of drug-likeness (QED) is 0.845. The summed E-state index contributed by atoms with van der Waals surface area (Å²) in [7, 11) is 3.37. The fraction of sp³-hybridized carbons (Fsp3) is 0.684. The maximum Gasteiger partial charge on any atom is 0.160 e. The number of nitrogens with zero attached hydrogens (tertiary/aromatic N) is 1. The maximum atomic E-state index is 10.6. The zero-order chi connectivity index (χ0) is 16.4. The summed E-state index contributed by atoms with van der Waals surface area (Å²) < 4.78 is 10.9. The number of aliphatic hydroxyl groups excluding tert-OH is 1. The van der Waals surface area contributed by atoms with Crippen molar-refractivity contribution in [2.75, 3.05) is 27.3 Å². The molecule has 0 radical (unpaired) electrons. The van der Waals surface area contributed by atoms with Crippen LogP contribution in [0.4, 0.5) is 0 Å². The van der Waals surface area contributed by atoms with E-state index in [-0.39, 0.29) is 6.10 Å². The van der Waals surface area contributed by atoms with E-state index < -0.39 is 0 Å². The molecule has 0 amide bonds. The first kappa shape index (κ1) is 16.4. The van der Waals surface area contributed by atoms with E-state index in [4.69, 9.17) is 9.47 Å². The van der Waals surface area contributed by atoms with Crippen molar-refractivity contribution < 1.29 is 14.6 Å². The first-order valence-electron chi connectivity index (χ1n) is 8.85. The minimum atomic E-state index is -0.216. The summed E-state index contributed by atoms with van der Waals surface area (Å²) in [5.41, 5.74) is 2.62. The van der Waals surface area contributed by atoms with Crippen LogP contribution in [-0.4, -0.2) is 43.4 Å². The highest BCUT2D eigenvalue weighted by Crippen LogP contribution is 2.41. The van der Waals surface area contributed by atoms with Gasteiger partial charge in [0.05, 0.1) is 20.3 Å². The summed E-state index contributed by atoms with van der Waals surface area (Å²) in [4.78, 5) is 2.49. The third-order valence-electron chi connectivity index (χ3n) is 5.48. The van der Waals surface area contributed by atoms with Gasteiger partial charge in [0.25, 0.3) is 0 Å². The molecule has 2 heterocycles. The van der Waals surface area contributed by atoms with Crippen LogP contribution in [-0.2, 0) is 9.47 Å². The number of aliphatic hydroxyl groups is 1. The molecule has 0 aromatic heterocycles. The largest absolute Gasteiger partial charge is 0.493 e. The number of ether oxygens (including phenoxy) is 2. The fourth-order valence-corrected chi connectivity index (χ4v) is 4.12. The van der Waals surface area contributed by atoms with E-state index in [0.717, 1.165) is 43.9 Å². The Hall–Kier alpha value is -1.42. The van der Waals surface area contributed by atoms with E-state index in [1.54, 1.807) is 14.2 Å². The van der Waals surface area contributed by atoms with Gasteiger partial charge in [-0.3, -0.25) is 0 Å². The first-order valence-corrected chi connectivity index (χ1v) is 8.85. The highest BCUT2D eigenvalue weighted by atomic mass is 16.5. The Kier molecular flexibility index (Phi) is 5.00. The topological polar surface area (TPSA) is 41.9 Å². The SMILES string of the molecule is CCCCC1CN2CCC3C=C(OC)C(OC)=CC3=C2CC1O. The molecule has 0 spiro atoms. The Morgan fingerprint density at radius 1 is 1.26 bits per heavy atom. The molecule has 4 heteroatoms. The van der Waals surface area contributed by atoms with Crippen molar-refractivity contribution in [3.8, 4) is 0 Å².